The van der Waals surface area contributed by atoms with E-state index >= 15 is 0 Å². The number of hydrogen-bond donors (Lipinski definition) is 1. The van der Waals surface area contributed by atoms with Crippen molar-refractivity contribution in [1.29, 1.82) is 0 Å². The lowest BCUT2D eigenvalue weighted by molar-refractivity contribution is -0.138. The van der Waals surface area contributed by atoms with Gasteiger partial charge in [0.25, 0.3) is 0 Å². The Balaban J connectivity index is 1.96. The van der Waals surface area contributed by atoms with Crippen LogP contribution in [-0.4, -0.2) is 35.2 Å². The Morgan fingerprint density at radius 1 is 1.08 bits per heavy atom. The summed E-state index contributed by atoms with van der Waals surface area (Å²) in [5.41, 5.74) is 2.77. The Kier molecular flexibility index (Phi) is 9.78. The van der Waals surface area contributed by atoms with E-state index in [-0.39, 0.29) is 29.4 Å². The molecule has 0 bridgehead atoms. The first-order valence-electron chi connectivity index (χ1n) is 11.5. The van der Waals surface area contributed by atoms with Gasteiger partial charge in [-0.2, -0.15) is 0 Å². The lowest BCUT2D eigenvalue weighted by Gasteiger charge is -2.15. The molecule has 2 aromatic carbocycles. The van der Waals surface area contributed by atoms with Gasteiger partial charge in [0.1, 0.15) is 23.0 Å². The topological polar surface area (TPSA) is 94.4 Å². The predicted molar refractivity (Wildman–Crippen MR) is 145 cm³/mol. The van der Waals surface area contributed by atoms with E-state index in [4.69, 9.17) is 14.2 Å². The average Bonchev–Trinajstić information content (AvgIpc) is 3.14. The zero-order valence-corrected chi connectivity index (χ0v) is 23.0. The molecule has 0 saturated heterocycles. The highest BCUT2D eigenvalue weighted by Crippen LogP contribution is 2.42. The summed E-state index contributed by atoms with van der Waals surface area (Å²) in [5.74, 6) is -0.330. The molecule has 190 valence electrons. The average molecular weight is 574 g/mol. The SMILES string of the molecule is CCOC(=O)C1=C(O)/C(=C/c2cc(Br)c(OCc3ccc(C)cc3)c(OCC)c2)SC1=NC(=O)CC. The first-order chi connectivity index (χ1) is 17.3. The maximum atomic E-state index is 12.5. The molecule has 0 spiro atoms. The van der Waals surface area contributed by atoms with Gasteiger partial charge in [0, 0.05) is 6.42 Å². The molecule has 1 amide bonds. The van der Waals surface area contributed by atoms with Crippen molar-refractivity contribution in [3.05, 3.63) is 73.8 Å². The fraction of sp³-hybridized carbons (Fsp3) is 0.296. The maximum absolute atomic E-state index is 12.5. The second-order valence-corrected chi connectivity index (χ2v) is 9.64. The molecule has 1 aliphatic rings. The number of amides is 1. The fourth-order valence-electron chi connectivity index (χ4n) is 3.25. The highest BCUT2D eigenvalue weighted by molar-refractivity contribution is 9.10. The van der Waals surface area contributed by atoms with Crippen LogP contribution in [0.3, 0.4) is 0 Å². The van der Waals surface area contributed by atoms with Crippen LogP contribution in [0.2, 0.25) is 0 Å². The number of rotatable bonds is 9. The van der Waals surface area contributed by atoms with Gasteiger partial charge < -0.3 is 19.3 Å². The number of ether oxygens (including phenoxy) is 3. The number of aliphatic hydroxyl groups excluding tert-OH is 1. The molecule has 1 aliphatic heterocycles. The Morgan fingerprint density at radius 2 is 1.81 bits per heavy atom. The number of thioether (sulfide) groups is 1. The van der Waals surface area contributed by atoms with E-state index in [0.29, 0.717) is 39.7 Å². The van der Waals surface area contributed by atoms with E-state index in [9.17, 15) is 14.7 Å². The van der Waals surface area contributed by atoms with Crippen molar-refractivity contribution >= 4 is 50.7 Å². The number of nitrogens with zero attached hydrogens (tertiary/aromatic N) is 1. The number of aliphatic hydroxyl groups is 1. The highest BCUT2D eigenvalue weighted by atomic mass is 79.9. The summed E-state index contributed by atoms with van der Waals surface area (Å²) >= 11 is 4.60. The summed E-state index contributed by atoms with van der Waals surface area (Å²) in [6.07, 6.45) is 1.86. The summed E-state index contributed by atoms with van der Waals surface area (Å²) in [7, 11) is 0. The van der Waals surface area contributed by atoms with Gasteiger partial charge in [-0.15, -0.1) is 0 Å². The van der Waals surface area contributed by atoms with Crippen molar-refractivity contribution in [3.63, 3.8) is 0 Å². The number of aliphatic imine (C=N–C) groups is 1. The molecule has 9 heteroatoms. The minimum atomic E-state index is -0.732. The normalized spacial score (nSPS) is 15.5. The zero-order chi connectivity index (χ0) is 26.2. The van der Waals surface area contributed by atoms with Crippen LogP contribution in [0.4, 0.5) is 0 Å². The van der Waals surface area contributed by atoms with Crippen LogP contribution in [0, 0.1) is 6.92 Å². The van der Waals surface area contributed by atoms with E-state index in [2.05, 4.69) is 20.9 Å². The molecule has 0 saturated carbocycles. The second-order valence-electron chi connectivity index (χ2n) is 7.76. The van der Waals surface area contributed by atoms with Crippen molar-refractivity contribution in [2.24, 2.45) is 4.99 Å². The van der Waals surface area contributed by atoms with Gasteiger partial charge in [-0.05, 0) is 66.0 Å². The van der Waals surface area contributed by atoms with Gasteiger partial charge >= 0.3 is 5.97 Å². The minimum Gasteiger partial charge on any atom is -0.506 e. The molecule has 7 nitrogen and oxygen atoms in total. The third-order valence-electron chi connectivity index (χ3n) is 5.03. The standard InChI is InChI=1S/C27H28BrNO6S/c1-5-22(30)29-26-23(27(32)34-7-3)24(31)21(36-26)14-18-12-19(28)25(20(13-18)33-6-2)35-15-17-10-8-16(4)9-11-17/h8-14,31H,5-7,15H2,1-4H3/b21-14-,29-26?. The molecule has 0 unspecified atom stereocenters. The number of esters is 1. The zero-order valence-electron chi connectivity index (χ0n) is 20.6. The van der Waals surface area contributed by atoms with Crippen LogP contribution in [-0.2, 0) is 20.9 Å². The van der Waals surface area contributed by atoms with Crippen LogP contribution in [0.25, 0.3) is 6.08 Å². The molecule has 2 aromatic rings. The number of hydrogen-bond acceptors (Lipinski definition) is 7. The third kappa shape index (κ3) is 6.79. The van der Waals surface area contributed by atoms with Crippen LogP contribution in [0.1, 0.15) is 43.9 Å². The molecular weight excluding hydrogens is 546 g/mol. The van der Waals surface area contributed by atoms with E-state index < -0.39 is 11.9 Å². The van der Waals surface area contributed by atoms with E-state index in [1.807, 2.05) is 44.2 Å². The van der Waals surface area contributed by atoms with Gasteiger partial charge in [0.05, 0.1) is 22.6 Å². The minimum absolute atomic E-state index is 0.114. The number of carbonyl (C=O) groups is 2. The van der Waals surface area contributed by atoms with Gasteiger partial charge in [-0.3, -0.25) is 4.79 Å². The summed E-state index contributed by atoms with van der Waals surface area (Å²) in [6, 6.07) is 11.7. The Morgan fingerprint density at radius 3 is 2.44 bits per heavy atom. The van der Waals surface area contributed by atoms with Gasteiger partial charge in [0.2, 0.25) is 5.91 Å². The summed E-state index contributed by atoms with van der Waals surface area (Å²) in [5, 5.41) is 10.9. The first kappa shape index (κ1) is 27.5. The summed E-state index contributed by atoms with van der Waals surface area (Å²) < 4.78 is 17.6. The highest BCUT2D eigenvalue weighted by Gasteiger charge is 2.33. The first-order valence-corrected chi connectivity index (χ1v) is 13.1. The Labute approximate surface area is 223 Å². The summed E-state index contributed by atoms with van der Waals surface area (Å²) in [6.45, 7) is 8.17. The van der Waals surface area contributed by atoms with E-state index in [1.54, 1.807) is 26.0 Å². The van der Waals surface area contributed by atoms with Crippen molar-refractivity contribution in [2.45, 2.75) is 40.7 Å². The van der Waals surface area contributed by atoms with Gasteiger partial charge in [-0.25, -0.2) is 9.79 Å². The Bertz CT molecular complexity index is 1230. The fourth-order valence-corrected chi connectivity index (χ4v) is 4.86. The number of benzene rings is 2. The molecule has 0 atom stereocenters. The Hall–Kier alpha value is -3.04. The third-order valence-corrected chi connectivity index (χ3v) is 6.64. The monoisotopic (exact) mass is 573 g/mol. The van der Waals surface area contributed by atoms with E-state index in [0.717, 1.165) is 17.3 Å². The van der Waals surface area contributed by atoms with Crippen molar-refractivity contribution in [2.75, 3.05) is 13.2 Å². The predicted octanol–water partition coefficient (Wildman–Crippen LogP) is 6.53. The molecule has 36 heavy (non-hydrogen) atoms. The molecule has 1 N–H and O–H groups in total. The van der Waals surface area contributed by atoms with Crippen molar-refractivity contribution in [3.8, 4) is 11.5 Å². The molecule has 0 aromatic heterocycles. The molecule has 1 heterocycles. The summed E-state index contributed by atoms with van der Waals surface area (Å²) in [4.78, 5) is 28.7. The molecule has 3 rings (SSSR count). The molecule has 0 fully saturated rings. The van der Waals surface area contributed by atoms with Crippen molar-refractivity contribution in [1.82, 2.24) is 0 Å². The number of carbonyl (C=O) groups excluding carboxylic acids is 2. The van der Waals surface area contributed by atoms with Crippen LogP contribution >= 0.6 is 27.7 Å². The van der Waals surface area contributed by atoms with Gasteiger partial charge in [0.15, 0.2) is 11.5 Å². The molecule has 0 radical (unpaired) electrons. The molecular formula is C27H28BrNO6S. The lowest BCUT2D eigenvalue weighted by Crippen LogP contribution is -2.14. The second kappa shape index (κ2) is 12.8. The number of halogens is 1. The van der Waals surface area contributed by atoms with Crippen LogP contribution in [0.15, 0.2) is 62.1 Å². The quantitative estimate of drug-likeness (QED) is 0.340. The maximum Gasteiger partial charge on any atom is 0.344 e. The van der Waals surface area contributed by atoms with Crippen LogP contribution < -0.4 is 9.47 Å². The molecule has 0 aliphatic carbocycles. The smallest absolute Gasteiger partial charge is 0.344 e. The van der Waals surface area contributed by atoms with E-state index in [1.165, 1.54) is 5.56 Å². The van der Waals surface area contributed by atoms with Gasteiger partial charge in [-0.1, -0.05) is 48.5 Å². The largest absolute Gasteiger partial charge is 0.506 e. The lowest BCUT2D eigenvalue weighted by atomic mass is 10.1. The van der Waals surface area contributed by atoms with Crippen LogP contribution in [0.5, 0.6) is 11.5 Å². The number of aryl methyl sites for hydroxylation is 1. The van der Waals surface area contributed by atoms with Crippen molar-refractivity contribution < 1.29 is 28.9 Å².